The van der Waals surface area contributed by atoms with Crippen molar-refractivity contribution in [3.05, 3.63) is 59.4 Å². The van der Waals surface area contributed by atoms with Crippen molar-refractivity contribution < 1.29 is 41.2 Å². The Labute approximate surface area is 201 Å². The first-order valence-electron chi connectivity index (χ1n) is 11.1. The molecule has 1 aromatic heterocycles. The first kappa shape index (κ1) is 25.1. The van der Waals surface area contributed by atoms with E-state index >= 15 is 0 Å². The van der Waals surface area contributed by atoms with Crippen molar-refractivity contribution in [3.63, 3.8) is 0 Å². The van der Waals surface area contributed by atoms with E-state index in [4.69, 9.17) is 18.5 Å². The Hall–Kier alpha value is -2.98. The zero-order valence-electron chi connectivity index (χ0n) is 20.1. The molecule has 186 valence electrons. The molecule has 0 unspecified atom stereocenters. The van der Waals surface area contributed by atoms with Crippen molar-refractivity contribution >= 4 is 29.5 Å². The van der Waals surface area contributed by atoms with Gasteiger partial charge in [-0.25, -0.2) is 0 Å². The fourth-order valence-electron chi connectivity index (χ4n) is 3.80. The molecule has 0 N–H and O–H groups in total. The third kappa shape index (κ3) is 5.04. The van der Waals surface area contributed by atoms with Crippen LogP contribution in [0.25, 0.3) is 11.0 Å². The Morgan fingerprint density at radius 1 is 1.03 bits per heavy atom. The summed E-state index contributed by atoms with van der Waals surface area (Å²) in [6.45, 7) is 7.71. The zero-order valence-corrected chi connectivity index (χ0v) is 20.1. The number of hydrogen-bond donors (Lipinski definition) is 0. The second kappa shape index (κ2) is 8.91. The molecule has 0 bridgehead atoms. The van der Waals surface area contributed by atoms with Gasteiger partial charge in [0.15, 0.2) is 0 Å². The molecule has 0 spiro atoms. The van der Waals surface area contributed by atoms with Crippen LogP contribution >= 0.6 is 0 Å². The number of carbonyl (C=O) groups excluding carboxylic acids is 1. The summed E-state index contributed by atoms with van der Waals surface area (Å²) >= 11 is 0. The van der Waals surface area contributed by atoms with Crippen LogP contribution in [-0.4, -0.2) is 31.4 Å². The van der Waals surface area contributed by atoms with Crippen LogP contribution in [0, 0.1) is 0 Å². The molecule has 4 rings (SSSR count). The van der Waals surface area contributed by atoms with E-state index in [0.29, 0.717) is 22.2 Å². The van der Waals surface area contributed by atoms with Gasteiger partial charge in [0.05, 0.1) is 36.6 Å². The fourth-order valence-corrected chi connectivity index (χ4v) is 3.80. The number of alkyl halides is 3. The molecule has 10 heteroatoms. The minimum atomic E-state index is -4.55. The van der Waals surface area contributed by atoms with Crippen molar-refractivity contribution in [2.24, 2.45) is 0 Å². The summed E-state index contributed by atoms with van der Waals surface area (Å²) in [5, 5.41) is 0.773. The normalized spacial score (nSPS) is 17.1. The van der Waals surface area contributed by atoms with Crippen molar-refractivity contribution in [2.45, 2.75) is 58.1 Å². The lowest BCUT2D eigenvalue weighted by atomic mass is 9.77. The van der Waals surface area contributed by atoms with Crippen molar-refractivity contribution in [2.75, 3.05) is 7.11 Å². The largest absolute Gasteiger partial charge is 0.498 e. The van der Waals surface area contributed by atoms with E-state index in [9.17, 15) is 18.0 Å². The number of benzene rings is 2. The summed E-state index contributed by atoms with van der Waals surface area (Å²) in [5.41, 5.74) is 0.212. The van der Waals surface area contributed by atoms with Gasteiger partial charge < -0.3 is 23.2 Å². The second-order valence-electron chi connectivity index (χ2n) is 9.47. The maximum Gasteiger partial charge on any atom is 0.498 e. The molecule has 1 aliphatic rings. The molecule has 0 saturated carbocycles. The highest BCUT2D eigenvalue weighted by atomic mass is 19.4. The number of hydrogen-bond acceptors (Lipinski definition) is 6. The maximum atomic E-state index is 13.3. The Bertz CT molecular complexity index is 1230. The van der Waals surface area contributed by atoms with Crippen molar-refractivity contribution in [1.82, 2.24) is 0 Å². The third-order valence-corrected chi connectivity index (χ3v) is 6.50. The molecular formula is C25H26BF3O6. The van der Waals surface area contributed by atoms with E-state index in [0.717, 1.165) is 17.5 Å². The molecule has 0 atom stereocenters. The molecule has 0 radical (unpaired) electrons. The average molecular weight is 490 g/mol. The molecule has 35 heavy (non-hydrogen) atoms. The third-order valence-electron chi connectivity index (χ3n) is 6.50. The van der Waals surface area contributed by atoms with Crippen LogP contribution in [0.1, 0.15) is 44.4 Å². The van der Waals surface area contributed by atoms with Crippen molar-refractivity contribution in [3.8, 4) is 5.75 Å². The summed E-state index contributed by atoms with van der Waals surface area (Å²) < 4.78 is 68.4. The summed E-state index contributed by atoms with van der Waals surface area (Å²) in [7, 11) is 0.515. The van der Waals surface area contributed by atoms with Gasteiger partial charge in [0.2, 0.25) is 0 Å². The minimum absolute atomic E-state index is 0.0466. The first-order valence-corrected chi connectivity index (χ1v) is 11.1. The van der Waals surface area contributed by atoms with Crippen LogP contribution in [0.4, 0.5) is 13.2 Å². The maximum absolute atomic E-state index is 13.3. The molecule has 1 fully saturated rings. The van der Waals surface area contributed by atoms with Gasteiger partial charge in [-0.15, -0.1) is 0 Å². The number of ether oxygens (including phenoxy) is 2. The zero-order chi connectivity index (χ0) is 25.6. The Morgan fingerprint density at radius 3 is 2.34 bits per heavy atom. The highest BCUT2D eigenvalue weighted by Gasteiger charge is 2.52. The average Bonchev–Trinajstić information content (AvgIpc) is 3.32. The molecule has 2 aromatic carbocycles. The summed E-state index contributed by atoms with van der Waals surface area (Å²) in [4.78, 5) is 11.8. The van der Waals surface area contributed by atoms with Gasteiger partial charge in [-0.1, -0.05) is 12.1 Å². The predicted molar refractivity (Wildman–Crippen MR) is 123 cm³/mol. The topological polar surface area (TPSA) is 67.1 Å². The summed E-state index contributed by atoms with van der Waals surface area (Å²) in [6.07, 6.45) is -3.23. The number of fused-ring (bicyclic) bond motifs is 1. The van der Waals surface area contributed by atoms with Crippen LogP contribution in [0.2, 0.25) is 0 Å². The lowest BCUT2D eigenvalue weighted by Crippen LogP contribution is -2.41. The van der Waals surface area contributed by atoms with Gasteiger partial charge in [-0.05, 0) is 57.5 Å². The molecule has 3 aromatic rings. The number of furan rings is 1. The Kier molecular flexibility index (Phi) is 6.40. The molecule has 6 nitrogen and oxygen atoms in total. The van der Waals surface area contributed by atoms with E-state index in [1.807, 2.05) is 33.8 Å². The van der Waals surface area contributed by atoms with E-state index in [1.165, 1.54) is 13.2 Å². The van der Waals surface area contributed by atoms with Gasteiger partial charge in [-0.2, -0.15) is 13.2 Å². The highest BCUT2D eigenvalue weighted by molar-refractivity contribution is 6.64. The number of methoxy groups -OCH3 is 1. The van der Waals surface area contributed by atoms with Gasteiger partial charge in [0.1, 0.15) is 17.9 Å². The quantitative estimate of drug-likeness (QED) is 0.356. The van der Waals surface area contributed by atoms with Crippen LogP contribution in [0.3, 0.4) is 0 Å². The molecular weight excluding hydrogens is 464 g/mol. The minimum Gasteiger partial charge on any atom is -0.489 e. The molecule has 2 heterocycles. The second-order valence-corrected chi connectivity index (χ2v) is 9.47. The van der Waals surface area contributed by atoms with Crippen LogP contribution in [0.15, 0.2) is 47.1 Å². The summed E-state index contributed by atoms with van der Waals surface area (Å²) in [6, 6.07) is 8.43. The number of carbonyl (C=O) groups is 1. The van der Waals surface area contributed by atoms with Gasteiger partial charge >= 0.3 is 19.3 Å². The predicted octanol–water partition coefficient (Wildman–Crippen LogP) is 5.05. The van der Waals surface area contributed by atoms with Crippen LogP contribution in [0.5, 0.6) is 5.75 Å². The fraction of sp³-hybridized carbons (Fsp3) is 0.400. The number of rotatable bonds is 6. The van der Waals surface area contributed by atoms with E-state index in [1.54, 1.807) is 18.4 Å². The summed E-state index contributed by atoms with van der Waals surface area (Å²) in [5.74, 6) is -0.632. The SMILES string of the molecule is COC(=O)Cc1ccc(C(F)(F)F)cc1OCc1cc(B2OC(C)(C)C(C)(C)O2)c2occc2c1. The van der Waals surface area contributed by atoms with E-state index in [-0.39, 0.29) is 18.8 Å². The number of esters is 1. The van der Waals surface area contributed by atoms with Crippen LogP contribution < -0.4 is 10.2 Å². The van der Waals surface area contributed by atoms with Crippen molar-refractivity contribution in [1.29, 1.82) is 0 Å². The lowest BCUT2D eigenvalue weighted by molar-refractivity contribution is -0.139. The number of halogens is 3. The standard InChI is InChI=1S/C25H26BF3O6/c1-23(2)24(3,4)35-26(34-23)19-11-15(10-17-8-9-32-22(17)19)14-33-20-13-18(25(27,28)29)7-6-16(20)12-21(30)31-5/h6-11,13H,12,14H2,1-5H3. The first-order chi connectivity index (χ1) is 16.3. The molecule has 0 aliphatic carbocycles. The van der Waals surface area contributed by atoms with Gasteiger partial charge in [-0.3, -0.25) is 4.79 Å². The highest BCUT2D eigenvalue weighted by Crippen LogP contribution is 2.37. The van der Waals surface area contributed by atoms with E-state index in [2.05, 4.69) is 4.74 Å². The van der Waals surface area contributed by atoms with Crippen LogP contribution in [-0.2, 0) is 38.0 Å². The van der Waals surface area contributed by atoms with E-state index < -0.39 is 36.0 Å². The Balaban J connectivity index is 1.65. The smallest absolute Gasteiger partial charge is 0.489 e. The molecule has 1 aliphatic heterocycles. The van der Waals surface area contributed by atoms with Gasteiger partial charge in [0.25, 0.3) is 0 Å². The monoisotopic (exact) mass is 490 g/mol. The lowest BCUT2D eigenvalue weighted by Gasteiger charge is -2.32. The molecule has 0 amide bonds. The van der Waals surface area contributed by atoms with Gasteiger partial charge in [0, 0.05) is 16.4 Å². The molecule has 1 saturated heterocycles. The Morgan fingerprint density at radius 2 is 1.71 bits per heavy atom.